The van der Waals surface area contributed by atoms with Gasteiger partial charge in [-0.2, -0.15) is 4.31 Å². The SMILES string of the molecule is CN(CC(O)CO)S(=O)(=O)c1cc(Cl)cc(Cl)c1. The molecule has 0 radical (unpaired) electrons. The summed E-state index contributed by atoms with van der Waals surface area (Å²) in [6.45, 7) is -0.737. The van der Waals surface area contributed by atoms with Crippen molar-refractivity contribution in [3.05, 3.63) is 28.2 Å². The number of aliphatic hydroxyl groups is 2. The predicted octanol–water partition coefficient (Wildman–Crippen LogP) is 0.967. The first kappa shape index (κ1) is 15.7. The molecule has 0 saturated carbocycles. The smallest absolute Gasteiger partial charge is 0.243 e. The summed E-state index contributed by atoms with van der Waals surface area (Å²) in [6.07, 6.45) is -1.14. The van der Waals surface area contributed by atoms with Crippen LogP contribution in [0, 0.1) is 0 Å². The summed E-state index contributed by atoms with van der Waals surface area (Å²) in [5.74, 6) is 0. The first-order chi connectivity index (χ1) is 8.27. The van der Waals surface area contributed by atoms with E-state index >= 15 is 0 Å². The van der Waals surface area contributed by atoms with E-state index in [-0.39, 0.29) is 21.5 Å². The van der Waals surface area contributed by atoms with Crippen molar-refractivity contribution < 1.29 is 18.6 Å². The summed E-state index contributed by atoms with van der Waals surface area (Å²) >= 11 is 11.5. The number of halogens is 2. The lowest BCUT2D eigenvalue weighted by atomic mass is 10.4. The quantitative estimate of drug-likeness (QED) is 0.849. The fraction of sp³-hybridized carbons (Fsp3) is 0.400. The molecule has 2 N–H and O–H groups in total. The standard InChI is InChI=1S/C10H13Cl2NO4S/c1-13(5-9(15)6-14)18(16,17)10-3-7(11)2-8(12)4-10/h2-4,9,14-15H,5-6H2,1H3. The van der Waals surface area contributed by atoms with Crippen LogP contribution in [0.15, 0.2) is 23.1 Å². The van der Waals surface area contributed by atoms with Crippen LogP contribution >= 0.6 is 23.2 Å². The average molecular weight is 314 g/mol. The van der Waals surface area contributed by atoms with Gasteiger partial charge in [0, 0.05) is 23.6 Å². The first-order valence-electron chi connectivity index (χ1n) is 4.98. The fourth-order valence-corrected chi connectivity index (χ4v) is 3.25. The highest BCUT2D eigenvalue weighted by Crippen LogP contribution is 2.24. The van der Waals surface area contributed by atoms with Crippen molar-refractivity contribution >= 4 is 33.2 Å². The maximum absolute atomic E-state index is 12.1. The maximum Gasteiger partial charge on any atom is 0.243 e. The second-order valence-electron chi connectivity index (χ2n) is 3.73. The number of sulfonamides is 1. The number of rotatable bonds is 5. The summed E-state index contributed by atoms with van der Waals surface area (Å²) in [4.78, 5) is -0.0624. The normalized spacial score (nSPS) is 13.9. The van der Waals surface area contributed by atoms with Crippen molar-refractivity contribution in [3.63, 3.8) is 0 Å². The van der Waals surface area contributed by atoms with Gasteiger partial charge >= 0.3 is 0 Å². The molecule has 8 heteroatoms. The lowest BCUT2D eigenvalue weighted by Gasteiger charge is -2.19. The van der Waals surface area contributed by atoms with E-state index in [1.54, 1.807) is 0 Å². The van der Waals surface area contributed by atoms with Crippen LogP contribution in [0.5, 0.6) is 0 Å². The molecule has 0 fully saturated rings. The van der Waals surface area contributed by atoms with Gasteiger partial charge in [0.05, 0.1) is 17.6 Å². The van der Waals surface area contributed by atoms with Crippen LogP contribution in [0.1, 0.15) is 0 Å². The molecular formula is C10H13Cl2NO4S. The monoisotopic (exact) mass is 313 g/mol. The van der Waals surface area contributed by atoms with Crippen LogP contribution in [-0.4, -0.2) is 49.2 Å². The molecule has 0 amide bonds. The maximum atomic E-state index is 12.1. The minimum atomic E-state index is -3.80. The highest BCUT2D eigenvalue weighted by Gasteiger charge is 2.23. The average Bonchev–Trinajstić information content (AvgIpc) is 2.27. The topological polar surface area (TPSA) is 77.8 Å². The molecule has 0 bridgehead atoms. The van der Waals surface area contributed by atoms with Crippen molar-refractivity contribution in [1.29, 1.82) is 0 Å². The second kappa shape index (κ2) is 6.18. The molecule has 5 nitrogen and oxygen atoms in total. The Morgan fingerprint density at radius 3 is 2.22 bits per heavy atom. The van der Waals surface area contributed by atoms with E-state index in [1.165, 1.54) is 25.2 Å². The van der Waals surface area contributed by atoms with Gasteiger partial charge in [-0.25, -0.2) is 8.42 Å². The van der Waals surface area contributed by atoms with Crippen LogP contribution in [0.3, 0.4) is 0 Å². The van der Waals surface area contributed by atoms with Gasteiger partial charge < -0.3 is 10.2 Å². The van der Waals surface area contributed by atoms with Crippen molar-refractivity contribution in [3.8, 4) is 0 Å². The van der Waals surface area contributed by atoms with E-state index in [4.69, 9.17) is 28.3 Å². The molecule has 18 heavy (non-hydrogen) atoms. The number of hydrogen-bond acceptors (Lipinski definition) is 4. The van der Waals surface area contributed by atoms with Gasteiger partial charge in [-0.1, -0.05) is 23.2 Å². The molecule has 1 aromatic rings. The van der Waals surface area contributed by atoms with Gasteiger partial charge in [0.15, 0.2) is 0 Å². The van der Waals surface area contributed by atoms with E-state index < -0.39 is 22.7 Å². The predicted molar refractivity (Wildman–Crippen MR) is 69.4 cm³/mol. The third-order valence-electron chi connectivity index (χ3n) is 2.22. The van der Waals surface area contributed by atoms with Gasteiger partial charge in [0.25, 0.3) is 0 Å². The molecule has 1 rings (SSSR count). The van der Waals surface area contributed by atoms with Gasteiger partial charge in [-0.3, -0.25) is 0 Å². The van der Waals surface area contributed by atoms with Crippen molar-refractivity contribution in [1.82, 2.24) is 4.31 Å². The lowest BCUT2D eigenvalue weighted by molar-refractivity contribution is 0.0826. The van der Waals surface area contributed by atoms with E-state index in [0.29, 0.717) is 0 Å². The fourth-order valence-electron chi connectivity index (χ4n) is 1.31. The molecule has 1 unspecified atom stereocenters. The van der Waals surface area contributed by atoms with Gasteiger partial charge in [-0.15, -0.1) is 0 Å². The van der Waals surface area contributed by atoms with Crippen LogP contribution < -0.4 is 0 Å². The van der Waals surface area contributed by atoms with E-state index in [9.17, 15) is 13.5 Å². The zero-order valence-corrected chi connectivity index (χ0v) is 11.9. The Hall–Kier alpha value is -0.370. The number of likely N-dealkylation sites (N-methyl/N-ethyl adjacent to an activating group) is 1. The molecule has 0 aliphatic carbocycles. The van der Waals surface area contributed by atoms with E-state index in [1.807, 2.05) is 0 Å². The van der Waals surface area contributed by atoms with E-state index in [0.717, 1.165) is 4.31 Å². The molecule has 102 valence electrons. The molecule has 0 heterocycles. The molecule has 0 saturated heterocycles. The Kier molecular flexibility index (Phi) is 5.39. The van der Waals surface area contributed by atoms with Crippen LogP contribution in [0.2, 0.25) is 10.0 Å². The zero-order chi connectivity index (χ0) is 13.9. The number of nitrogens with zero attached hydrogens (tertiary/aromatic N) is 1. The number of benzene rings is 1. The zero-order valence-electron chi connectivity index (χ0n) is 9.55. The number of aliphatic hydroxyl groups excluding tert-OH is 2. The van der Waals surface area contributed by atoms with Crippen LogP contribution in [-0.2, 0) is 10.0 Å². The Morgan fingerprint density at radius 1 is 1.28 bits per heavy atom. The van der Waals surface area contributed by atoms with Gasteiger partial charge in [-0.05, 0) is 18.2 Å². The molecule has 1 atom stereocenters. The molecule has 0 aliphatic heterocycles. The highest BCUT2D eigenvalue weighted by molar-refractivity contribution is 7.89. The Labute approximate surface area is 116 Å². The molecule has 0 aliphatic rings. The third-order valence-corrected chi connectivity index (χ3v) is 4.46. The van der Waals surface area contributed by atoms with E-state index in [2.05, 4.69) is 0 Å². The lowest BCUT2D eigenvalue weighted by Crippen LogP contribution is -2.35. The van der Waals surface area contributed by atoms with Crippen LogP contribution in [0.4, 0.5) is 0 Å². The first-order valence-corrected chi connectivity index (χ1v) is 7.18. The summed E-state index contributed by atoms with van der Waals surface area (Å²) in [5, 5.41) is 18.3. The Bertz CT molecular complexity index is 500. The van der Waals surface area contributed by atoms with Crippen molar-refractivity contribution in [2.75, 3.05) is 20.2 Å². The highest BCUT2D eigenvalue weighted by atomic mass is 35.5. The molecular weight excluding hydrogens is 301 g/mol. The largest absolute Gasteiger partial charge is 0.394 e. The third kappa shape index (κ3) is 3.81. The van der Waals surface area contributed by atoms with Crippen molar-refractivity contribution in [2.45, 2.75) is 11.0 Å². The second-order valence-corrected chi connectivity index (χ2v) is 6.64. The summed E-state index contributed by atoms with van der Waals surface area (Å²) < 4.78 is 25.1. The molecule has 1 aromatic carbocycles. The Morgan fingerprint density at radius 2 is 1.78 bits per heavy atom. The number of hydrogen-bond donors (Lipinski definition) is 2. The summed E-state index contributed by atoms with van der Waals surface area (Å²) in [5.41, 5.74) is 0. The summed E-state index contributed by atoms with van der Waals surface area (Å²) in [6, 6.07) is 3.96. The molecule has 0 aromatic heterocycles. The Balaban J connectivity index is 3.05. The van der Waals surface area contributed by atoms with Gasteiger partial charge in [0.1, 0.15) is 0 Å². The molecule has 0 spiro atoms. The van der Waals surface area contributed by atoms with Crippen LogP contribution in [0.25, 0.3) is 0 Å². The minimum Gasteiger partial charge on any atom is -0.394 e. The minimum absolute atomic E-state index is 0.0624. The summed E-state index contributed by atoms with van der Waals surface area (Å²) in [7, 11) is -2.50. The van der Waals surface area contributed by atoms with Crippen molar-refractivity contribution in [2.24, 2.45) is 0 Å². The van der Waals surface area contributed by atoms with Gasteiger partial charge in [0.2, 0.25) is 10.0 Å².